The molecule has 0 N–H and O–H groups in total. The van der Waals surface area contributed by atoms with E-state index in [1.807, 2.05) is 4.57 Å². The number of hydrogen-bond donors (Lipinski definition) is 0. The number of ether oxygens (including phenoxy) is 1. The second-order valence-electron chi connectivity index (χ2n) is 3.76. The Balaban J connectivity index is 1.86. The minimum Gasteiger partial charge on any atom is -0.492 e. The third-order valence-corrected chi connectivity index (χ3v) is 2.46. The van der Waals surface area contributed by atoms with E-state index in [1.54, 1.807) is 36.7 Å². The van der Waals surface area contributed by atoms with Gasteiger partial charge in [0.05, 0.1) is 18.2 Å². The molecule has 1 aromatic heterocycles. The summed E-state index contributed by atoms with van der Waals surface area (Å²) in [5.41, 5.74) is 0.613. The number of nitriles is 1. The smallest absolute Gasteiger partial charge is 0.181 e. The van der Waals surface area contributed by atoms with Gasteiger partial charge in [-0.3, -0.25) is 4.79 Å². The molecule has 0 aliphatic heterocycles. The summed E-state index contributed by atoms with van der Waals surface area (Å²) in [4.78, 5) is 10.9. The van der Waals surface area contributed by atoms with Crippen LogP contribution in [0.2, 0.25) is 0 Å². The van der Waals surface area contributed by atoms with Crippen molar-refractivity contribution in [2.24, 2.45) is 0 Å². The van der Waals surface area contributed by atoms with E-state index >= 15 is 0 Å². The Kier molecular flexibility index (Phi) is 3.77. The highest BCUT2D eigenvalue weighted by molar-refractivity contribution is 5.34. The quantitative estimate of drug-likeness (QED) is 0.818. The minimum atomic E-state index is -0.000685. The summed E-state index contributed by atoms with van der Waals surface area (Å²) in [5.74, 6) is 0.732. The first kappa shape index (κ1) is 11.9. The van der Waals surface area contributed by atoms with Gasteiger partial charge in [0.15, 0.2) is 5.43 Å². The van der Waals surface area contributed by atoms with E-state index < -0.39 is 0 Å². The van der Waals surface area contributed by atoms with Crippen LogP contribution in [0.5, 0.6) is 5.75 Å². The third-order valence-electron chi connectivity index (χ3n) is 2.46. The summed E-state index contributed by atoms with van der Waals surface area (Å²) in [5, 5.41) is 8.66. The van der Waals surface area contributed by atoms with Gasteiger partial charge >= 0.3 is 0 Å². The largest absolute Gasteiger partial charge is 0.492 e. The molecule has 18 heavy (non-hydrogen) atoms. The van der Waals surface area contributed by atoms with E-state index in [0.29, 0.717) is 18.7 Å². The number of rotatable bonds is 4. The molecular weight excluding hydrogens is 228 g/mol. The Morgan fingerprint density at radius 3 is 2.39 bits per heavy atom. The topological polar surface area (TPSA) is 55.0 Å². The molecule has 90 valence electrons. The average molecular weight is 240 g/mol. The van der Waals surface area contributed by atoms with Crippen LogP contribution >= 0.6 is 0 Å². The molecule has 2 rings (SSSR count). The second kappa shape index (κ2) is 5.69. The minimum absolute atomic E-state index is 0.000685. The van der Waals surface area contributed by atoms with E-state index in [-0.39, 0.29) is 5.43 Å². The zero-order valence-electron chi connectivity index (χ0n) is 9.74. The van der Waals surface area contributed by atoms with Crippen molar-refractivity contribution in [1.82, 2.24) is 4.57 Å². The molecule has 0 aliphatic carbocycles. The van der Waals surface area contributed by atoms with Crippen LogP contribution in [-0.2, 0) is 6.54 Å². The Bertz CT molecular complexity index is 588. The zero-order valence-corrected chi connectivity index (χ0v) is 9.74. The van der Waals surface area contributed by atoms with Crippen LogP contribution in [0.15, 0.2) is 53.6 Å². The van der Waals surface area contributed by atoms with Gasteiger partial charge in [0.25, 0.3) is 0 Å². The lowest BCUT2D eigenvalue weighted by Crippen LogP contribution is -2.10. The number of hydrogen-bond acceptors (Lipinski definition) is 3. The highest BCUT2D eigenvalue weighted by Gasteiger charge is 1.95. The third kappa shape index (κ3) is 3.22. The van der Waals surface area contributed by atoms with Crippen LogP contribution in [0.3, 0.4) is 0 Å². The Morgan fingerprint density at radius 2 is 1.78 bits per heavy atom. The van der Waals surface area contributed by atoms with Gasteiger partial charge in [0, 0.05) is 24.5 Å². The van der Waals surface area contributed by atoms with Gasteiger partial charge in [-0.15, -0.1) is 0 Å². The van der Waals surface area contributed by atoms with E-state index in [1.165, 1.54) is 12.1 Å². The molecule has 0 bridgehead atoms. The molecule has 4 nitrogen and oxygen atoms in total. The maximum Gasteiger partial charge on any atom is 0.181 e. The molecule has 2 aromatic rings. The molecule has 4 heteroatoms. The van der Waals surface area contributed by atoms with Gasteiger partial charge in [0.1, 0.15) is 12.4 Å². The van der Waals surface area contributed by atoms with Crippen molar-refractivity contribution in [3.05, 3.63) is 64.6 Å². The molecular formula is C14H12N2O2. The zero-order chi connectivity index (χ0) is 12.8. The van der Waals surface area contributed by atoms with Crippen LogP contribution < -0.4 is 10.2 Å². The SMILES string of the molecule is N#Cc1ccc(OCCn2ccc(=O)cc2)cc1. The Morgan fingerprint density at radius 1 is 1.11 bits per heavy atom. The highest BCUT2D eigenvalue weighted by Crippen LogP contribution is 2.11. The maximum atomic E-state index is 10.9. The molecule has 0 saturated carbocycles. The Labute approximate surface area is 105 Å². The van der Waals surface area contributed by atoms with Crippen molar-refractivity contribution >= 4 is 0 Å². The molecule has 0 spiro atoms. The number of pyridine rings is 1. The summed E-state index contributed by atoms with van der Waals surface area (Å²) in [6.45, 7) is 1.18. The molecule has 1 aromatic carbocycles. The van der Waals surface area contributed by atoms with E-state index in [9.17, 15) is 4.79 Å². The van der Waals surface area contributed by atoms with Crippen LogP contribution in [0.25, 0.3) is 0 Å². The average Bonchev–Trinajstić information content (AvgIpc) is 2.42. The number of benzene rings is 1. The van der Waals surface area contributed by atoms with Gasteiger partial charge in [-0.25, -0.2) is 0 Å². The van der Waals surface area contributed by atoms with Gasteiger partial charge in [-0.1, -0.05) is 0 Å². The summed E-state index contributed by atoms with van der Waals surface area (Å²) in [7, 11) is 0. The summed E-state index contributed by atoms with van der Waals surface area (Å²) in [6.07, 6.45) is 3.45. The fourth-order valence-corrected chi connectivity index (χ4v) is 1.49. The molecule has 1 heterocycles. The monoisotopic (exact) mass is 240 g/mol. The molecule has 0 amide bonds. The van der Waals surface area contributed by atoms with Crippen LogP contribution in [0.1, 0.15) is 5.56 Å². The van der Waals surface area contributed by atoms with Crippen molar-refractivity contribution in [3.8, 4) is 11.8 Å². The van der Waals surface area contributed by atoms with E-state index in [2.05, 4.69) is 6.07 Å². The fourth-order valence-electron chi connectivity index (χ4n) is 1.49. The number of nitrogens with zero attached hydrogens (tertiary/aromatic N) is 2. The molecule has 0 fully saturated rings. The van der Waals surface area contributed by atoms with Crippen molar-refractivity contribution in [2.75, 3.05) is 6.61 Å². The van der Waals surface area contributed by atoms with Crippen LogP contribution in [0, 0.1) is 11.3 Å². The van der Waals surface area contributed by atoms with Crippen molar-refractivity contribution < 1.29 is 4.74 Å². The van der Waals surface area contributed by atoms with E-state index in [0.717, 1.165) is 5.75 Å². The molecule has 0 aliphatic rings. The molecule has 0 unspecified atom stereocenters. The summed E-state index contributed by atoms with van der Waals surface area (Å²) >= 11 is 0. The molecule has 0 atom stereocenters. The standard InChI is InChI=1S/C14H12N2O2/c15-11-12-1-3-14(4-2-12)18-10-9-16-7-5-13(17)6-8-16/h1-8H,9-10H2. The van der Waals surface area contributed by atoms with Gasteiger partial charge in [0.2, 0.25) is 0 Å². The lowest BCUT2D eigenvalue weighted by Gasteiger charge is -2.08. The van der Waals surface area contributed by atoms with Gasteiger partial charge in [-0.05, 0) is 24.3 Å². The highest BCUT2D eigenvalue weighted by atomic mass is 16.5. The Hall–Kier alpha value is -2.54. The fraction of sp³-hybridized carbons (Fsp3) is 0.143. The van der Waals surface area contributed by atoms with Crippen LogP contribution in [0.4, 0.5) is 0 Å². The van der Waals surface area contributed by atoms with Crippen LogP contribution in [-0.4, -0.2) is 11.2 Å². The van der Waals surface area contributed by atoms with Crippen molar-refractivity contribution in [1.29, 1.82) is 5.26 Å². The summed E-state index contributed by atoms with van der Waals surface area (Å²) < 4.78 is 7.41. The first-order valence-corrected chi connectivity index (χ1v) is 5.57. The molecule has 0 saturated heterocycles. The normalized spacial score (nSPS) is 9.72. The lowest BCUT2D eigenvalue weighted by atomic mass is 10.2. The maximum absolute atomic E-state index is 10.9. The summed E-state index contributed by atoms with van der Waals surface area (Å²) in [6, 6.07) is 12.1. The lowest BCUT2D eigenvalue weighted by molar-refractivity contribution is 0.298. The molecule has 0 radical (unpaired) electrons. The first-order valence-electron chi connectivity index (χ1n) is 5.57. The first-order chi connectivity index (χ1) is 8.78. The predicted molar refractivity (Wildman–Crippen MR) is 67.4 cm³/mol. The van der Waals surface area contributed by atoms with Crippen molar-refractivity contribution in [2.45, 2.75) is 6.54 Å². The van der Waals surface area contributed by atoms with Gasteiger partial charge < -0.3 is 9.30 Å². The van der Waals surface area contributed by atoms with E-state index in [4.69, 9.17) is 10.00 Å². The predicted octanol–water partition coefficient (Wildman–Crippen LogP) is 1.80. The van der Waals surface area contributed by atoms with Crippen molar-refractivity contribution in [3.63, 3.8) is 0 Å². The van der Waals surface area contributed by atoms with Gasteiger partial charge in [-0.2, -0.15) is 5.26 Å². The number of aromatic nitrogens is 1. The second-order valence-corrected chi connectivity index (χ2v) is 3.76.